The van der Waals surface area contributed by atoms with Crippen molar-refractivity contribution in [2.24, 2.45) is 16.8 Å². The van der Waals surface area contributed by atoms with Crippen molar-refractivity contribution in [3.05, 3.63) is 35.9 Å². The van der Waals surface area contributed by atoms with Gasteiger partial charge in [0.05, 0.1) is 0 Å². The molecule has 2 fully saturated rings. The number of nitrogens with one attached hydrogen (secondary N) is 2. The van der Waals surface area contributed by atoms with Gasteiger partial charge in [-0.25, -0.2) is 0 Å². The number of benzene rings is 1. The third-order valence-corrected chi connectivity index (χ3v) is 4.97. The van der Waals surface area contributed by atoms with Crippen molar-refractivity contribution in [1.29, 1.82) is 0 Å². The van der Waals surface area contributed by atoms with Gasteiger partial charge in [-0.1, -0.05) is 30.3 Å². The molecule has 4 heteroatoms. The SMILES string of the molecule is CN=C(NCC1CC1)NCC1CCN(CCc2ccccc2)C1. The van der Waals surface area contributed by atoms with Crippen LogP contribution in [0.4, 0.5) is 0 Å². The van der Waals surface area contributed by atoms with Crippen LogP contribution in [0.25, 0.3) is 0 Å². The zero-order chi connectivity index (χ0) is 15.9. The van der Waals surface area contributed by atoms with Crippen molar-refractivity contribution >= 4 is 5.96 Å². The van der Waals surface area contributed by atoms with Gasteiger partial charge >= 0.3 is 0 Å². The number of nitrogens with zero attached hydrogens (tertiary/aromatic N) is 2. The van der Waals surface area contributed by atoms with E-state index in [-0.39, 0.29) is 0 Å². The van der Waals surface area contributed by atoms with E-state index in [2.05, 4.69) is 50.9 Å². The minimum absolute atomic E-state index is 0.741. The number of hydrogen-bond acceptors (Lipinski definition) is 2. The monoisotopic (exact) mass is 314 g/mol. The van der Waals surface area contributed by atoms with E-state index in [9.17, 15) is 0 Å². The van der Waals surface area contributed by atoms with Crippen molar-refractivity contribution in [1.82, 2.24) is 15.5 Å². The van der Waals surface area contributed by atoms with Crippen LogP contribution in [0.3, 0.4) is 0 Å². The van der Waals surface area contributed by atoms with Crippen LogP contribution in [0.2, 0.25) is 0 Å². The molecule has 2 aliphatic rings. The quantitative estimate of drug-likeness (QED) is 0.598. The first-order chi connectivity index (χ1) is 11.3. The largest absolute Gasteiger partial charge is 0.356 e. The first-order valence-electron chi connectivity index (χ1n) is 9.04. The van der Waals surface area contributed by atoms with Gasteiger partial charge in [-0.2, -0.15) is 0 Å². The number of hydrogen-bond donors (Lipinski definition) is 2. The Hall–Kier alpha value is -1.55. The summed E-state index contributed by atoms with van der Waals surface area (Å²) < 4.78 is 0. The van der Waals surface area contributed by atoms with Crippen LogP contribution in [0.5, 0.6) is 0 Å². The molecule has 1 heterocycles. The Morgan fingerprint density at radius 2 is 1.83 bits per heavy atom. The summed E-state index contributed by atoms with van der Waals surface area (Å²) in [4.78, 5) is 6.92. The molecule has 4 nitrogen and oxygen atoms in total. The van der Waals surface area contributed by atoms with Crippen molar-refractivity contribution in [3.8, 4) is 0 Å². The molecule has 1 aliphatic heterocycles. The Kier molecular flexibility index (Phi) is 5.92. The highest BCUT2D eigenvalue weighted by molar-refractivity contribution is 5.79. The molecule has 0 radical (unpaired) electrons. The molecule has 1 saturated carbocycles. The lowest BCUT2D eigenvalue weighted by molar-refractivity contribution is 0.328. The van der Waals surface area contributed by atoms with Crippen molar-refractivity contribution in [2.45, 2.75) is 25.7 Å². The van der Waals surface area contributed by atoms with Crippen LogP contribution in [0, 0.1) is 11.8 Å². The minimum atomic E-state index is 0.741. The Balaban J connectivity index is 1.32. The molecule has 1 aromatic rings. The van der Waals surface area contributed by atoms with Crippen LogP contribution in [-0.4, -0.2) is 50.6 Å². The summed E-state index contributed by atoms with van der Waals surface area (Å²) in [5.74, 6) is 2.60. The standard InChI is InChI=1S/C19H30N4/c1-20-19(21-13-17-7-8-17)22-14-18-10-12-23(15-18)11-9-16-5-3-2-4-6-16/h2-6,17-18H,7-15H2,1H3,(H2,20,21,22). The van der Waals surface area contributed by atoms with E-state index in [1.807, 2.05) is 7.05 Å². The van der Waals surface area contributed by atoms with Crippen LogP contribution < -0.4 is 10.6 Å². The van der Waals surface area contributed by atoms with Gasteiger partial charge in [0.2, 0.25) is 0 Å². The van der Waals surface area contributed by atoms with Gasteiger partial charge in [-0.15, -0.1) is 0 Å². The van der Waals surface area contributed by atoms with Gasteiger partial charge in [0.1, 0.15) is 0 Å². The van der Waals surface area contributed by atoms with E-state index >= 15 is 0 Å². The second kappa shape index (κ2) is 8.34. The predicted octanol–water partition coefficient (Wildman–Crippen LogP) is 2.13. The first kappa shape index (κ1) is 16.3. The van der Waals surface area contributed by atoms with Gasteiger partial charge < -0.3 is 15.5 Å². The number of guanidine groups is 1. The van der Waals surface area contributed by atoms with Gasteiger partial charge in [0.15, 0.2) is 5.96 Å². The van der Waals surface area contributed by atoms with Crippen molar-refractivity contribution < 1.29 is 0 Å². The maximum Gasteiger partial charge on any atom is 0.190 e. The van der Waals surface area contributed by atoms with E-state index in [1.165, 1.54) is 44.5 Å². The summed E-state index contributed by atoms with van der Waals surface area (Å²) in [5, 5.41) is 6.94. The molecular formula is C19H30N4. The molecule has 1 aromatic carbocycles. The molecule has 0 aromatic heterocycles. The van der Waals surface area contributed by atoms with Crippen molar-refractivity contribution in [3.63, 3.8) is 0 Å². The number of likely N-dealkylation sites (tertiary alicyclic amines) is 1. The third kappa shape index (κ3) is 5.54. The van der Waals surface area contributed by atoms with Crippen molar-refractivity contribution in [2.75, 3.05) is 39.8 Å². The Morgan fingerprint density at radius 1 is 1.09 bits per heavy atom. The molecule has 2 N–H and O–H groups in total. The molecule has 126 valence electrons. The summed E-state index contributed by atoms with van der Waals surface area (Å²) in [6.07, 6.45) is 5.21. The molecule has 0 bridgehead atoms. The van der Waals surface area contributed by atoms with Crippen LogP contribution >= 0.6 is 0 Å². The zero-order valence-corrected chi connectivity index (χ0v) is 14.3. The fraction of sp³-hybridized carbons (Fsp3) is 0.632. The van der Waals surface area contributed by atoms with E-state index in [1.54, 1.807) is 0 Å². The van der Waals surface area contributed by atoms with Gasteiger partial charge in [0.25, 0.3) is 0 Å². The van der Waals surface area contributed by atoms with E-state index in [4.69, 9.17) is 0 Å². The molecular weight excluding hydrogens is 284 g/mol. The average Bonchev–Trinajstić information content (AvgIpc) is 3.31. The molecule has 1 unspecified atom stereocenters. The van der Waals surface area contributed by atoms with Gasteiger partial charge in [-0.3, -0.25) is 4.99 Å². The van der Waals surface area contributed by atoms with Crippen LogP contribution in [0.1, 0.15) is 24.8 Å². The maximum absolute atomic E-state index is 4.32. The van der Waals surface area contributed by atoms with E-state index < -0.39 is 0 Å². The molecule has 0 spiro atoms. The molecule has 0 amide bonds. The molecule has 1 atom stereocenters. The average molecular weight is 314 g/mol. The number of rotatable bonds is 7. The minimum Gasteiger partial charge on any atom is -0.356 e. The topological polar surface area (TPSA) is 39.7 Å². The summed E-state index contributed by atoms with van der Waals surface area (Å²) in [7, 11) is 1.86. The highest BCUT2D eigenvalue weighted by atomic mass is 15.2. The van der Waals surface area contributed by atoms with E-state index in [0.717, 1.165) is 37.3 Å². The Bertz CT molecular complexity index is 495. The molecule has 23 heavy (non-hydrogen) atoms. The molecule has 3 rings (SSSR count). The summed E-state index contributed by atoms with van der Waals surface area (Å²) in [6, 6.07) is 10.8. The lowest BCUT2D eigenvalue weighted by Crippen LogP contribution is -2.41. The zero-order valence-electron chi connectivity index (χ0n) is 14.3. The lowest BCUT2D eigenvalue weighted by Gasteiger charge is -2.17. The summed E-state index contributed by atoms with van der Waals surface area (Å²) in [6.45, 7) is 5.72. The lowest BCUT2D eigenvalue weighted by atomic mass is 10.1. The number of aliphatic imine (C=N–C) groups is 1. The fourth-order valence-corrected chi connectivity index (χ4v) is 3.24. The Labute approximate surface area is 140 Å². The van der Waals surface area contributed by atoms with Gasteiger partial charge in [-0.05, 0) is 49.6 Å². The second-order valence-electron chi connectivity index (χ2n) is 6.97. The highest BCUT2D eigenvalue weighted by Gasteiger charge is 2.23. The second-order valence-corrected chi connectivity index (χ2v) is 6.97. The summed E-state index contributed by atoms with van der Waals surface area (Å²) in [5.41, 5.74) is 1.44. The maximum atomic E-state index is 4.32. The molecule has 1 aliphatic carbocycles. The molecule has 1 saturated heterocycles. The van der Waals surface area contributed by atoms with Crippen LogP contribution in [0.15, 0.2) is 35.3 Å². The first-order valence-corrected chi connectivity index (χ1v) is 9.04. The Morgan fingerprint density at radius 3 is 2.52 bits per heavy atom. The predicted molar refractivity (Wildman–Crippen MR) is 96.8 cm³/mol. The van der Waals surface area contributed by atoms with Crippen LogP contribution in [-0.2, 0) is 6.42 Å². The van der Waals surface area contributed by atoms with E-state index in [0.29, 0.717) is 0 Å². The smallest absolute Gasteiger partial charge is 0.190 e. The summed E-state index contributed by atoms with van der Waals surface area (Å²) >= 11 is 0. The fourth-order valence-electron chi connectivity index (χ4n) is 3.24. The van der Waals surface area contributed by atoms with Gasteiger partial charge in [0, 0.05) is 33.2 Å². The third-order valence-electron chi connectivity index (χ3n) is 4.97. The highest BCUT2D eigenvalue weighted by Crippen LogP contribution is 2.27. The normalized spacial score (nSPS) is 22.3.